The summed E-state index contributed by atoms with van der Waals surface area (Å²) in [5.74, 6) is -0.460. The van der Waals surface area contributed by atoms with Gasteiger partial charge in [0.15, 0.2) is 4.88 Å². The Morgan fingerprint density at radius 3 is 3.05 bits per heavy atom. The smallest absolute Gasteiger partial charge is 0.351 e. The zero-order valence-electron chi connectivity index (χ0n) is 9.91. The number of methoxy groups -OCH3 is 1. The molecular weight excluding hydrogens is 282 g/mol. The van der Waals surface area contributed by atoms with Crippen LogP contribution in [0.25, 0.3) is 21.5 Å². The van der Waals surface area contributed by atoms with Crippen LogP contribution in [0.15, 0.2) is 23.7 Å². The Labute approximate surface area is 116 Å². The molecule has 0 saturated carbocycles. The molecule has 96 valence electrons. The Kier molecular flexibility index (Phi) is 2.92. The summed E-state index contributed by atoms with van der Waals surface area (Å²) in [4.78, 5) is 16.1. The molecule has 0 spiro atoms. The number of ether oxygens (including phenoxy) is 1. The van der Waals surface area contributed by atoms with Gasteiger partial charge in [-0.05, 0) is 17.6 Å². The van der Waals surface area contributed by atoms with E-state index in [1.807, 2.05) is 18.2 Å². The number of nitrogens with zero attached hydrogens (tertiary/aromatic N) is 2. The van der Waals surface area contributed by atoms with Crippen LogP contribution in [0.3, 0.4) is 0 Å². The summed E-state index contributed by atoms with van der Waals surface area (Å²) in [6, 6.07) is 5.75. The summed E-state index contributed by atoms with van der Waals surface area (Å²) in [6.45, 7) is 0. The lowest BCUT2D eigenvalue weighted by Gasteiger charge is -2.01. The van der Waals surface area contributed by atoms with Gasteiger partial charge in [0.05, 0.1) is 28.5 Å². The Bertz CT molecular complexity index is 763. The molecule has 19 heavy (non-hydrogen) atoms. The van der Waals surface area contributed by atoms with Crippen LogP contribution in [-0.2, 0) is 4.74 Å². The van der Waals surface area contributed by atoms with Gasteiger partial charge >= 0.3 is 5.97 Å². The molecule has 1 aromatic carbocycles. The van der Waals surface area contributed by atoms with Gasteiger partial charge in [-0.25, -0.2) is 9.78 Å². The second-order valence-electron chi connectivity index (χ2n) is 3.77. The van der Waals surface area contributed by atoms with Crippen molar-refractivity contribution in [2.75, 3.05) is 12.8 Å². The number of benzene rings is 1. The molecule has 2 heterocycles. The van der Waals surface area contributed by atoms with Gasteiger partial charge in [-0.1, -0.05) is 12.1 Å². The zero-order valence-corrected chi connectivity index (χ0v) is 11.5. The van der Waals surface area contributed by atoms with Crippen molar-refractivity contribution in [1.29, 1.82) is 0 Å². The summed E-state index contributed by atoms with van der Waals surface area (Å²) >= 11 is 2.57. The third-order valence-electron chi connectivity index (χ3n) is 2.71. The Hall–Kier alpha value is -1.99. The van der Waals surface area contributed by atoms with E-state index in [4.69, 9.17) is 5.73 Å². The maximum Gasteiger partial charge on any atom is 0.351 e. The minimum Gasteiger partial charge on any atom is -0.465 e. The number of nitrogens with two attached hydrogens (primary N) is 1. The molecule has 3 rings (SSSR count). The second kappa shape index (κ2) is 4.60. The first kappa shape index (κ1) is 12.1. The van der Waals surface area contributed by atoms with E-state index >= 15 is 0 Å². The number of carbonyl (C=O) groups excluding carboxylic acids is 1. The van der Waals surface area contributed by atoms with Crippen molar-refractivity contribution in [3.63, 3.8) is 0 Å². The van der Waals surface area contributed by atoms with E-state index in [-0.39, 0.29) is 0 Å². The third-order valence-corrected chi connectivity index (χ3v) is 4.43. The summed E-state index contributed by atoms with van der Waals surface area (Å²) in [7, 11) is 1.32. The number of fused-ring (bicyclic) bond motifs is 1. The maximum atomic E-state index is 11.6. The van der Waals surface area contributed by atoms with Crippen molar-refractivity contribution < 1.29 is 9.53 Å². The highest BCUT2D eigenvalue weighted by Gasteiger charge is 2.20. The summed E-state index contributed by atoms with van der Waals surface area (Å²) < 4.78 is 9.97. The highest BCUT2D eigenvalue weighted by Crippen LogP contribution is 2.36. The average molecular weight is 291 g/mol. The summed E-state index contributed by atoms with van der Waals surface area (Å²) in [6.07, 6.45) is 0. The van der Waals surface area contributed by atoms with Crippen LogP contribution in [0.4, 0.5) is 5.69 Å². The van der Waals surface area contributed by atoms with Gasteiger partial charge in [0.1, 0.15) is 5.69 Å². The van der Waals surface area contributed by atoms with E-state index in [9.17, 15) is 4.79 Å². The van der Waals surface area contributed by atoms with Crippen molar-refractivity contribution in [3.8, 4) is 11.3 Å². The molecular formula is C12H9N3O2S2. The fourth-order valence-electron chi connectivity index (χ4n) is 1.80. The molecule has 2 aromatic heterocycles. The largest absolute Gasteiger partial charge is 0.465 e. The standard InChI is InChI=1S/C12H9N3O2S2/c1-17-12(16)11-8(13)9(15-19-11)6-3-2-4-7-10(6)18-5-14-7/h2-5H,13H2,1H3. The van der Waals surface area contributed by atoms with Crippen molar-refractivity contribution in [3.05, 3.63) is 28.6 Å². The third kappa shape index (κ3) is 1.87. The highest BCUT2D eigenvalue weighted by atomic mass is 32.1. The molecule has 0 fully saturated rings. The number of hydrogen-bond donors (Lipinski definition) is 1. The van der Waals surface area contributed by atoms with E-state index in [1.54, 1.807) is 5.51 Å². The maximum absolute atomic E-state index is 11.6. The lowest BCUT2D eigenvalue weighted by atomic mass is 10.1. The van der Waals surface area contributed by atoms with Crippen LogP contribution < -0.4 is 5.73 Å². The minimum absolute atomic E-state index is 0.332. The lowest BCUT2D eigenvalue weighted by molar-refractivity contribution is 0.0607. The first-order valence-corrected chi connectivity index (χ1v) is 7.03. The second-order valence-corrected chi connectivity index (χ2v) is 5.40. The Morgan fingerprint density at radius 1 is 1.42 bits per heavy atom. The van der Waals surface area contributed by atoms with Crippen molar-refractivity contribution >= 4 is 44.7 Å². The molecule has 0 atom stereocenters. The van der Waals surface area contributed by atoms with Crippen LogP contribution in [0.2, 0.25) is 0 Å². The van der Waals surface area contributed by atoms with Crippen LogP contribution in [0, 0.1) is 0 Å². The first-order chi connectivity index (χ1) is 9.22. The van der Waals surface area contributed by atoms with Crippen LogP contribution in [0.5, 0.6) is 0 Å². The van der Waals surface area contributed by atoms with E-state index in [2.05, 4.69) is 14.1 Å². The fourth-order valence-corrected chi connectivity index (χ4v) is 3.34. The van der Waals surface area contributed by atoms with Crippen molar-refractivity contribution in [1.82, 2.24) is 9.36 Å². The van der Waals surface area contributed by atoms with Crippen molar-refractivity contribution in [2.24, 2.45) is 0 Å². The van der Waals surface area contributed by atoms with Crippen LogP contribution >= 0.6 is 22.9 Å². The van der Waals surface area contributed by atoms with E-state index in [1.165, 1.54) is 18.4 Å². The SMILES string of the molecule is COC(=O)c1snc(-c2cccc3ncsc23)c1N. The number of aromatic nitrogens is 2. The first-order valence-electron chi connectivity index (χ1n) is 5.38. The number of anilines is 1. The van der Waals surface area contributed by atoms with E-state index in [0.717, 1.165) is 27.3 Å². The van der Waals surface area contributed by atoms with Gasteiger partial charge in [0.2, 0.25) is 0 Å². The quantitative estimate of drug-likeness (QED) is 0.734. The lowest BCUT2D eigenvalue weighted by Crippen LogP contribution is -2.02. The van der Waals surface area contributed by atoms with E-state index in [0.29, 0.717) is 16.3 Å². The molecule has 0 aliphatic carbocycles. The number of esters is 1. The molecule has 0 amide bonds. The van der Waals surface area contributed by atoms with Crippen molar-refractivity contribution in [2.45, 2.75) is 0 Å². The predicted molar refractivity (Wildman–Crippen MR) is 76.5 cm³/mol. The average Bonchev–Trinajstić information content (AvgIpc) is 3.04. The summed E-state index contributed by atoms with van der Waals surface area (Å²) in [5, 5.41) is 0. The molecule has 7 heteroatoms. The Balaban J connectivity index is 2.20. The fraction of sp³-hybridized carbons (Fsp3) is 0.0833. The molecule has 2 N–H and O–H groups in total. The van der Waals surface area contributed by atoms with Gasteiger partial charge in [0.25, 0.3) is 0 Å². The van der Waals surface area contributed by atoms with Gasteiger partial charge in [-0.15, -0.1) is 11.3 Å². The van der Waals surface area contributed by atoms with Gasteiger partial charge in [0, 0.05) is 5.56 Å². The molecule has 5 nitrogen and oxygen atoms in total. The Morgan fingerprint density at radius 2 is 2.26 bits per heavy atom. The molecule has 3 aromatic rings. The monoisotopic (exact) mass is 291 g/mol. The highest BCUT2D eigenvalue weighted by molar-refractivity contribution is 7.17. The van der Waals surface area contributed by atoms with Crippen LogP contribution in [-0.4, -0.2) is 22.4 Å². The number of carbonyl (C=O) groups is 1. The zero-order chi connectivity index (χ0) is 13.4. The molecule has 0 unspecified atom stereocenters. The summed E-state index contributed by atoms with van der Waals surface area (Å²) in [5.41, 5.74) is 10.5. The number of nitrogen functional groups attached to an aromatic ring is 1. The molecule has 0 radical (unpaired) electrons. The molecule has 0 saturated heterocycles. The van der Waals surface area contributed by atoms with Gasteiger partial charge < -0.3 is 10.5 Å². The molecule has 0 aliphatic heterocycles. The molecule has 0 aliphatic rings. The van der Waals surface area contributed by atoms with Gasteiger partial charge in [-0.3, -0.25) is 0 Å². The van der Waals surface area contributed by atoms with Gasteiger partial charge in [-0.2, -0.15) is 4.37 Å². The normalized spacial score (nSPS) is 10.8. The number of hydrogen-bond acceptors (Lipinski definition) is 7. The predicted octanol–water partition coefficient (Wildman–Crippen LogP) is 2.79. The number of thiazole rings is 1. The number of rotatable bonds is 2. The minimum atomic E-state index is -0.460. The molecule has 0 bridgehead atoms. The van der Waals surface area contributed by atoms with Crippen LogP contribution in [0.1, 0.15) is 9.67 Å². The van der Waals surface area contributed by atoms with E-state index < -0.39 is 5.97 Å². The topological polar surface area (TPSA) is 78.1 Å².